The molecule has 0 N–H and O–H groups in total. The number of nitrogens with zero attached hydrogens (tertiary/aromatic N) is 2. The molecule has 3 aromatic carbocycles. The van der Waals surface area contributed by atoms with Gasteiger partial charge in [-0.15, -0.1) is 11.3 Å². The summed E-state index contributed by atoms with van der Waals surface area (Å²) in [5.74, 6) is -0.263. The largest absolute Gasteiger partial charge is 0.253 e. The highest BCUT2D eigenvalue weighted by atomic mass is 32.1. The van der Waals surface area contributed by atoms with E-state index in [9.17, 15) is 9.65 Å². The predicted molar refractivity (Wildman–Crippen MR) is 128 cm³/mol. The van der Waals surface area contributed by atoms with E-state index in [-0.39, 0.29) is 11.2 Å². The molecule has 5 rings (SSSR count). The van der Waals surface area contributed by atoms with E-state index in [4.69, 9.17) is 0 Å². The number of hydrogen-bond acceptors (Lipinski definition) is 3. The zero-order chi connectivity index (χ0) is 21.8. The summed E-state index contributed by atoms with van der Waals surface area (Å²) >= 11 is 1.63. The molecule has 5 aromatic rings. The van der Waals surface area contributed by atoms with Crippen molar-refractivity contribution in [2.24, 2.45) is 5.41 Å². The van der Waals surface area contributed by atoms with E-state index in [0.717, 1.165) is 43.2 Å². The molecule has 0 aliphatic rings. The normalized spacial score (nSPS) is 12.0. The summed E-state index contributed by atoms with van der Waals surface area (Å²) in [4.78, 5) is 4.59. The Morgan fingerprint density at radius 3 is 2.61 bits per heavy atom. The molecule has 0 unspecified atom stereocenters. The van der Waals surface area contributed by atoms with Crippen molar-refractivity contribution in [3.63, 3.8) is 0 Å². The Balaban J connectivity index is 1.78. The molecule has 0 aliphatic carbocycles. The fourth-order valence-corrected chi connectivity index (χ4v) is 5.54. The van der Waals surface area contributed by atoms with Gasteiger partial charge in [-0.2, -0.15) is 5.26 Å². The van der Waals surface area contributed by atoms with Crippen molar-refractivity contribution >= 4 is 42.3 Å². The summed E-state index contributed by atoms with van der Waals surface area (Å²) in [5, 5.41) is 13.1. The van der Waals surface area contributed by atoms with Crippen LogP contribution in [0.15, 0.2) is 60.8 Å². The number of pyridine rings is 1. The molecule has 0 amide bonds. The maximum atomic E-state index is 14.8. The van der Waals surface area contributed by atoms with Crippen molar-refractivity contribution in [2.75, 3.05) is 0 Å². The van der Waals surface area contributed by atoms with Gasteiger partial charge in [0.2, 0.25) is 0 Å². The average molecular weight is 425 g/mol. The fraction of sp³-hybridized carbons (Fsp3) is 0.185. The van der Waals surface area contributed by atoms with Crippen molar-refractivity contribution in [2.45, 2.75) is 27.2 Å². The second-order valence-corrected chi connectivity index (χ2v) is 10.2. The van der Waals surface area contributed by atoms with Crippen molar-refractivity contribution in [3.8, 4) is 17.3 Å². The number of fused-ring (bicyclic) bond motifs is 4. The van der Waals surface area contributed by atoms with Crippen LogP contribution in [-0.4, -0.2) is 4.98 Å². The second-order valence-electron chi connectivity index (χ2n) is 9.19. The summed E-state index contributed by atoms with van der Waals surface area (Å²) in [7, 11) is 0. The molecule has 0 bridgehead atoms. The monoisotopic (exact) mass is 424 g/mol. The highest BCUT2D eigenvalue weighted by Crippen LogP contribution is 2.42. The maximum absolute atomic E-state index is 14.8. The molecule has 4 heteroatoms. The van der Waals surface area contributed by atoms with Crippen molar-refractivity contribution < 1.29 is 4.39 Å². The Morgan fingerprint density at radius 1 is 1.03 bits per heavy atom. The topological polar surface area (TPSA) is 36.7 Å². The SMILES string of the molecule is CC(C)(C)Cc1ccc2c(c1)sc1c(-c3cc(F)c4ccccc4c3)ncc(C#N)c12. The number of halogens is 1. The fourth-order valence-electron chi connectivity index (χ4n) is 4.24. The van der Waals surface area contributed by atoms with E-state index in [1.807, 2.05) is 24.3 Å². The van der Waals surface area contributed by atoms with Crippen LogP contribution in [0.4, 0.5) is 4.39 Å². The van der Waals surface area contributed by atoms with E-state index in [0.29, 0.717) is 10.9 Å². The van der Waals surface area contributed by atoms with Crippen LogP contribution < -0.4 is 0 Å². The second kappa shape index (κ2) is 7.14. The van der Waals surface area contributed by atoms with Gasteiger partial charge in [-0.25, -0.2) is 4.39 Å². The Bertz CT molecular complexity index is 1520. The van der Waals surface area contributed by atoms with Gasteiger partial charge in [0.05, 0.1) is 16.0 Å². The third-order valence-corrected chi connectivity index (χ3v) is 6.66. The Labute approximate surface area is 184 Å². The minimum Gasteiger partial charge on any atom is -0.253 e. The number of nitriles is 1. The molecule has 152 valence electrons. The lowest BCUT2D eigenvalue weighted by atomic mass is 9.88. The minimum absolute atomic E-state index is 0.192. The number of benzene rings is 3. The van der Waals surface area contributed by atoms with E-state index in [2.05, 4.69) is 50.0 Å². The quantitative estimate of drug-likeness (QED) is 0.289. The van der Waals surface area contributed by atoms with Crippen molar-refractivity contribution in [1.82, 2.24) is 4.98 Å². The van der Waals surface area contributed by atoms with Gasteiger partial charge in [-0.3, -0.25) is 4.98 Å². The average Bonchev–Trinajstić information content (AvgIpc) is 3.10. The van der Waals surface area contributed by atoms with E-state index in [1.54, 1.807) is 29.7 Å². The van der Waals surface area contributed by atoms with Crippen molar-refractivity contribution in [1.29, 1.82) is 5.26 Å². The number of rotatable bonds is 2. The smallest absolute Gasteiger partial charge is 0.131 e. The van der Waals surface area contributed by atoms with Gasteiger partial charge >= 0.3 is 0 Å². The molecule has 0 aliphatic heterocycles. The molecule has 31 heavy (non-hydrogen) atoms. The lowest BCUT2D eigenvalue weighted by molar-refractivity contribution is 0.411. The van der Waals surface area contributed by atoms with Gasteiger partial charge in [-0.05, 0) is 41.0 Å². The van der Waals surface area contributed by atoms with Crippen LogP contribution in [-0.2, 0) is 6.42 Å². The molecule has 2 nitrogen and oxygen atoms in total. The molecule has 0 spiro atoms. The highest BCUT2D eigenvalue weighted by molar-refractivity contribution is 7.26. The molecule has 0 saturated heterocycles. The Morgan fingerprint density at radius 2 is 1.84 bits per heavy atom. The number of hydrogen-bond donors (Lipinski definition) is 0. The number of aromatic nitrogens is 1. The first-order valence-corrected chi connectivity index (χ1v) is 11.1. The van der Waals surface area contributed by atoms with Crippen molar-refractivity contribution in [3.05, 3.63) is 77.7 Å². The van der Waals surface area contributed by atoms with Gasteiger partial charge in [0.25, 0.3) is 0 Å². The molecule has 2 heterocycles. The maximum Gasteiger partial charge on any atom is 0.131 e. The van der Waals surface area contributed by atoms with Gasteiger partial charge in [0.1, 0.15) is 11.9 Å². The van der Waals surface area contributed by atoms with Gasteiger partial charge in [0.15, 0.2) is 0 Å². The summed E-state index contributed by atoms with van der Waals surface area (Å²) in [6.07, 6.45) is 2.59. The summed E-state index contributed by atoms with van der Waals surface area (Å²) < 4.78 is 16.9. The zero-order valence-electron chi connectivity index (χ0n) is 17.7. The van der Waals surface area contributed by atoms with Gasteiger partial charge in [0, 0.05) is 32.6 Å². The molecular weight excluding hydrogens is 403 g/mol. The predicted octanol–water partition coefficient (Wildman–Crippen LogP) is 7.87. The van der Waals surface area contributed by atoms with Gasteiger partial charge < -0.3 is 0 Å². The van der Waals surface area contributed by atoms with Crippen LogP contribution in [0.2, 0.25) is 0 Å². The first kappa shape index (κ1) is 19.7. The standard InChI is InChI=1S/C27H21FN2S/c1-27(2,3)13-16-8-9-21-23(10-16)31-26-24(21)19(14-29)15-30-25(26)18-11-17-6-4-5-7-20(17)22(28)12-18/h4-12,15H,13H2,1-3H3. The first-order chi connectivity index (χ1) is 14.8. The van der Waals surface area contributed by atoms with E-state index in [1.165, 1.54) is 5.56 Å². The van der Waals surface area contributed by atoms with Crippen LogP contribution in [0.25, 0.3) is 42.2 Å². The molecular formula is C27H21FN2S. The lowest BCUT2D eigenvalue weighted by Gasteiger charge is -2.17. The Hall–Kier alpha value is -3.29. The molecule has 2 aromatic heterocycles. The lowest BCUT2D eigenvalue weighted by Crippen LogP contribution is -2.08. The highest BCUT2D eigenvalue weighted by Gasteiger charge is 2.18. The molecule has 0 atom stereocenters. The van der Waals surface area contributed by atoms with E-state index < -0.39 is 0 Å². The molecule has 0 radical (unpaired) electrons. The third-order valence-electron chi connectivity index (χ3n) is 5.50. The zero-order valence-corrected chi connectivity index (χ0v) is 18.5. The van der Waals surface area contributed by atoms with Crippen LogP contribution in [0, 0.1) is 22.6 Å². The molecule has 0 fully saturated rings. The third kappa shape index (κ3) is 3.45. The Kier molecular flexibility index (Phi) is 4.53. The summed E-state index contributed by atoms with van der Waals surface area (Å²) in [5.41, 5.74) is 3.47. The van der Waals surface area contributed by atoms with Gasteiger partial charge in [-0.1, -0.05) is 57.2 Å². The minimum atomic E-state index is -0.263. The molecule has 0 saturated carbocycles. The number of thiophene rings is 1. The first-order valence-electron chi connectivity index (χ1n) is 10.3. The summed E-state index contributed by atoms with van der Waals surface area (Å²) in [6.45, 7) is 6.69. The van der Waals surface area contributed by atoms with Crippen LogP contribution in [0.1, 0.15) is 31.9 Å². The summed E-state index contributed by atoms with van der Waals surface area (Å²) in [6, 6.07) is 19.7. The van der Waals surface area contributed by atoms with Crippen LogP contribution in [0.5, 0.6) is 0 Å². The van der Waals surface area contributed by atoms with E-state index >= 15 is 0 Å². The van der Waals surface area contributed by atoms with Crippen LogP contribution in [0.3, 0.4) is 0 Å². The van der Waals surface area contributed by atoms with Crippen LogP contribution >= 0.6 is 11.3 Å².